The second kappa shape index (κ2) is 13.1. The number of amides is 2. The lowest BCUT2D eigenvalue weighted by Gasteiger charge is -2.33. The Labute approximate surface area is 243 Å². The minimum absolute atomic E-state index is 0.0267. The van der Waals surface area contributed by atoms with E-state index in [1.165, 1.54) is 37.3 Å². The van der Waals surface area contributed by atoms with Crippen molar-refractivity contribution in [2.45, 2.75) is 57.6 Å². The largest absolute Gasteiger partial charge is 0.493 e. The minimum atomic E-state index is -4.20. The summed E-state index contributed by atoms with van der Waals surface area (Å²) in [7, 11) is -1.28. The summed E-state index contributed by atoms with van der Waals surface area (Å²) in [6, 6.07) is 19.4. The van der Waals surface area contributed by atoms with E-state index in [-0.39, 0.29) is 23.0 Å². The molecule has 0 saturated heterocycles. The first-order chi connectivity index (χ1) is 19.3. The molecule has 3 rings (SSSR count). The number of methoxy groups -OCH3 is 2. The topological polar surface area (TPSA) is 105 Å². The molecular weight excluding hydrogens is 542 g/mol. The Hall–Kier alpha value is -4.05. The van der Waals surface area contributed by atoms with E-state index < -0.39 is 34.1 Å². The minimum Gasteiger partial charge on any atom is -0.493 e. The van der Waals surface area contributed by atoms with E-state index in [2.05, 4.69) is 5.32 Å². The van der Waals surface area contributed by atoms with Crippen molar-refractivity contribution in [1.82, 2.24) is 10.2 Å². The summed E-state index contributed by atoms with van der Waals surface area (Å²) in [5, 5.41) is 2.92. The van der Waals surface area contributed by atoms with Gasteiger partial charge in [-0.05, 0) is 64.4 Å². The summed E-state index contributed by atoms with van der Waals surface area (Å²) in [6.45, 7) is 8.62. The smallest absolute Gasteiger partial charge is 0.264 e. The van der Waals surface area contributed by atoms with Crippen LogP contribution in [-0.2, 0) is 26.2 Å². The standard InChI is InChI=1S/C31H39N3O6S/c1-22-13-16-26(17-14-22)41(37,38)34(25-15-18-27(39-6)28(19-25)40-7)21-29(35)33(20-24-11-9-8-10-12-24)23(2)30(36)32-31(3,4)5/h8-19,23H,20-21H2,1-7H3,(H,32,36)/t23-/m0/s1. The van der Waals surface area contributed by atoms with Crippen LogP contribution in [0.25, 0.3) is 0 Å². The van der Waals surface area contributed by atoms with Crippen molar-refractivity contribution < 1.29 is 27.5 Å². The number of nitrogens with one attached hydrogen (secondary N) is 1. The summed E-state index contributed by atoms with van der Waals surface area (Å²) in [5.74, 6) is -0.175. The molecule has 0 radical (unpaired) electrons. The van der Waals surface area contributed by atoms with Gasteiger partial charge in [0, 0.05) is 18.2 Å². The van der Waals surface area contributed by atoms with Crippen molar-refractivity contribution in [3.8, 4) is 11.5 Å². The molecule has 1 atom stereocenters. The number of carbonyl (C=O) groups excluding carboxylic acids is 2. The number of rotatable bonds is 11. The number of sulfonamides is 1. The first kappa shape index (κ1) is 31.5. The number of hydrogen-bond donors (Lipinski definition) is 1. The Morgan fingerprint density at radius 2 is 1.51 bits per heavy atom. The molecular formula is C31H39N3O6S. The Balaban J connectivity index is 2.08. The number of aryl methyl sites for hydroxylation is 1. The molecule has 2 amide bonds. The van der Waals surface area contributed by atoms with E-state index in [4.69, 9.17) is 9.47 Å². The molecule has 9 nitrogen and oxygen atoms in total. The zero-order valence-electron chi connectivity index (χ0n) is 24.7. The predicted octanol–water partition coefficient (Wildman–Crippen LogP) is 4.54. The fourth-order valence-corrected chi connectivity index (χ4v) is 5.59. The Bertz CT molecular complexity index is 1450. The third-order valence-corrected chi connectivity index (χ3v) is 8.19. The van der Waals surface area contributed by atoms with E-state index in [0.717, 1.165) is 15.4 Å². The number of nitrogens with zero attached hydrogens (tertiary/aromatic N) is 2. The van der Waals surface area contributed by atoms with Gasteiger partial charge in [0.15, 0.2) is 11.5 Å². The average Bonchev–Trinajstić information content (AvgIpc) is 2.93. The van der Waals surface area contributed by atoms with Gasteiger partial charge in [-0.3, -0.25) is 13.9 Å². The van der Waals surface area contributed by atoms with Crippen molar-refractivity contribution in [1.29, 1.82) is 0 Å². The molecule has 0 saturated carbocycles. The molecule has 0 spiro atoms. The van der Waals surface area contributed by atoms with Crippen LogP contribution in [0, 0.1) is 6.92 Å². The highest BCUT2D eigenvalue weighted by atomic mass is 32.2. The quantitative estimate of drug-likeness (QED) is 0.357. The predicted molar refractivity (Wildman–Crippen MR) is 160 cm³/mol. The molecule has 1 N–H and O–H groups in total. The molecule has 0 fully saturated rings. The highest BCUT2D eigenvalue weighted by Gasteiger charge is 2.33. The van der Waals surface area contributed by atoms with Gasteiger partial charge < -0.3 is 19.7 Å². The molecule has 3 aromatic carbocycles. The highest BCUT2D eigenvalue weighted by molar-refractivity contribution is 7.92. The van der Waals surface area contributed by atoms with Crippen molar-refractivity contribution in [3.05, 3.63) is 83.9 Å². The van der Waals surface area contributed by atoms with Crippen LogP contribution in [0.3, 0.4) is 0 Å². The van der Waals surface area contributed by atoms with Gasteiger partial charge in [-0.25, -0.2) is 8.42 Å². The second-order valence-electron chi connectivity index (χ2n) is 10.8. The molecule has 41 heavy (non-hydrogen) atoms. The molecule has 0 bridgehead atoms. The van der Waals surface area contributed by atoms with Crippen molar-refractivity contribution in [2.24, 2.45) is 0 Å². The van der Waals surface area contributed by atoms with Crippen LogP contribution < -0.4 is 19.1 Å². The lowest BCUT2D eigenvalue weighted by Crippen LogP contribution is -2.54. The number of hydrogen-bond acceptors (Lipinski definition) is 6. The van der Waals surface area contributed by atoms with Gasteiger partial charge >= 0.3 is 0 Å². The maximum atomic E-state index is 14.0. The monoisotopic (exact) mass is 581 g/mol. The van der Waals surface area contributed by atoms with Gasteiger partial charge in [0.05, 0.1) is 24.8 Å². The summed E-state index contributed by atoms with van der Waals surface area (Å²) in [4.78, 5) is 28.6. The summed E-state index contributed by atoms with van der Waals surface area (Å²) < 4.78 is 39.8. The van der Waals surface area contributed by atoms with Gasteiger partial charge in [-0.2, -0.15) is 0 Å². The molecule has 10 heteroatoms. The summed E-state index contributed by atoms with van der Waals surface area (Å²) >= 11 is 0. The van der Waals surface area contributed by atoms with Crippen LogP contribution in [0.5, 0.6) is 11.5 Å². The van der Waals surface area contributed by atoms with Crippen LogP contribution in [0.4, 0.5) is 5.69 Å². The lowest BCUT2D eigenvalue weighted by molar-refractivity contribution is -0.140. The Morgan fingerprint density at radius 3 is 2.07 bits per heavy atom. The van der Waals surface area contributed by atoms with E-state index in [0.29, 0.717) is 11.5 Å². The maximum absolute atomic E-state index is 14.0. The van der Waals surface area contributed by atoms with Crippen LogP contribution in [-0.4, -0.2) is 57.5 Å². The normalized spacial score (nSPS) is 12.3. The molecule has 0 aliphatic carbocycles. The number of benzene rings is 3. The average molecular weight is 582 g/mol. The Kier molecular flexibility index (Phi) is 10.0. The molecule has 0 aromatic heterocycles. The van der Waals surface area contributed by atoms with E-state index in [1.807, 2.05) is 58.0 Å². The van der Waals surface area contributed by atoms with E-state index in [1.54, 1.807) is 31.2 Å². The molecule has 0 heterocycles. The fourth-order valence-electron chi connectivity index (χ4n) is 4.18. The lowest BCUT2D eigenvalue weighted by atomic mass is 10.1. The van der Waals surface area contributed by atoms with Crippen LogP contribution in [0.2, 0.25) is 0 Å². The number of ether oxygens (including phenoxy) is 2. The maximum Gasteiger partial charge on any atom is 0.264 e. The van der Waals surface area contributed by atoms with Crippen molar-refractivity contribution >= 4 is 27.5 Å². The third kappa shape index (κ3) is 8.00. The van der Waals surface area contributed by atoms with Crippen LogP contribution in [0.15, 0.2) is 77.7 Å². The van der Waals surface area contributed by atoms with E-state index >= 15 is 0 Å². The van der Waals surface area contributed by atoms with Gasteiger partial charge in [0.2, 0.25) is 11.8 Å². The highest BCUT2D eigenvalue weighted by Crippen LogP contribution is 2.34. The molecule has 0 unspecified atom stereocenters. The first-order valence-electron chi connectivity index (χ1n) is 13.2. The summed E-state index contributed by atoms with van der Waals surface area (Å²) in [6.07, 6.45) is 0. The van der Waals surface area contributed by atoms with Crippen molar-refractivity contribution in [2.75, 3.05) is 25.1 Å². The molecule has 0 aliphatic heterocycles. The van der Waals surface area contributed by atoms with Gasteiger partial charge in [-0.1, -0.05) is 48.0 Å². The molecule has 220 valence electrons. The van der Waals surface area contributed by atoms with Gasteiger partial charge in [0.1, 0.15) is 12.6 Å². The molecule has 0 aliphatic rings. The molecule has 3 aromatic rings. The third-order valence-electron chi connectivity index (χ3n) is 6.40. The SMILES string of the molecule is COc1ccc(N(CC(=O)N(Cc2ccccc2)[C@@H](C)C(=O)NC(C)(C)C)S(=O)(=O)c2ccc(C)cc2)cc1OC. The van der Waals surface area contributed by atoms with Gasteiger partial charge in [-0.15, -0.1) is 0 Å². The zero-order chi connectivity index (χ0) is 30.4. The zero-order valence-corrected chi connectivity index (χ0v) is 25.5. The number of anilines is 1. The fraction of sp³-hybridized carbons (Fsp3) is 0.355. The summed E-state index contributed by atoms with van der Waals surface area (Å²) in [5.41, 5.74) is 1.39. The van der Waals surface area contributed by atoms with E-state index in [9.17, 15) is 18.0 Å². The van der Waals surface area contributed by atoms with Crippen LogP contribution >= 0.6 is 0 Å². The van der Waals surface area contributed by atoms with Crippen molar-refractivity contribution in [3.63, 3.8) is 0 Å². The first-order valence-corrected chi connectivity index (χ1v) is 14.7. The van der Waals surface area contributed by atoms with Gasteiger partial charge in [0.25, 0.3) is 10.0 Å². The Morgan fingerprint density at radius 1 is 0.902 bits per heavy atom. The number of carbonyl (C=O) groups is 2. The second-order valence-corrected chi connectivity index (χ2v) is 12.6. The van der Waals surface area contributed by atoms with Crippen LogP contribution in [0.1, 0.15) is 38.8 Å².